The lowest BCUT2D eigenvalue weighted by Gasteiger charge is -2.11. The Morgan fingerprint density at radius 1 is 1.79 bits per heavy atom. The van der Waals surface area contributed by atoms with Crippen LogP contribution in [0, 0.1) is 0 Å². The van der Waals surface area contributed by atoms with Gasteiger partial charge in [-0.1, -0.05) is 15.9 Å². The van der Waals surface area contributed by atoms with Crippen molar-refractivity contribution >= 4 is 33.2 Å². The van der Waals surface area contributed by atoms with Gasteiger partial charge in [0.25, 0.3) is 0 Å². The molecular weight excluding hydrogens is 266 g/mol. The lowest BCUT2D eigenvalue weighted by molar-refractivity contribution is -0.120. The topological polar surface area (TPSA) is 49.3 Å². The van der Waals surface area contributed by atoms with Crippen molar-refractivity contribution in [2.45, 2.75) is 17.9 Å². The summed E-state index contributed by atoms with van der Waals surface area (Å²) in [6, 6.07) is 1.85. The zero-order chi connectivity index (χ0) is 10.6. The highest BCUT2D eigenvalue weighted by Crippen LogP contribution is 2.15. The molecule has 1 aromatic rings. The number of hydrogen-bond acceptors (Lipinski definition) is 3. The van der Waals surface area contributed by atoms with E-state index >= 15 is 0 Å². The predicted octanol–water partition coefficient (Wildman–Crippen LogP) is 1.68. The van der Waals surface area contributed by atoms with Crippen LogP contribution in [0.15, 0.2) is 16.8 Å². The standard InChI is InChI=1S/C9H12BrNO2S/c1-6(10)9(13)11-4-8(12)7-2-3-14-5-7/h2-3,5-6,8,12H,4H2,1H3,(H,11,13). The first-order chi connectivity index (χ1) is 6.61. The molecule has 2 N–H and O–H groups in total. The van der Waals surface area contributed by atoms with E-state index in [0.717, 1.165) is 5.56 Å². The number of nitrogens with one attached hydrogen (secondary N) is 1. The van der Waals surface area contributed by atoms with E-state index in [1.807, 2.05) is 16.8 Å². The molecular formula is C9H12BrNO2S. The van der Waals surface area contributed by atoms with Crippen molar-refractivity contribution in [1.82, 2.24) is 5.32 Å². The molecule has 1 rings (SSSR count). The van der Waals surface area contributed by atoms with E-state index in [1.54, 1.807) is 6.92 Å². The molecule has 0 bridgehead atoms. The third-order valence-electron chi connectivity index (χ3n) is 1.76. The summed E-state index contributed by atoms with van der Waals surface area (Å²) in [5, 5.41) is 16.0. The second-order valence-electron chi connectivity index (χ2n) is 2.93. The molecule has 14 heavy (non-hydrogen) atoms. The predicted molar refractivity (Wildman–Crippen MR) is 60.7 cm³/mol. The molecule has 2 atom stereocenters. The Labute approximate surface area is 95.3 Å². The van der Waals surface area contributed by atoms with Crippen LogP contribution in [-0.2, 0) is 4.79 Å². The van der Waals surface area contributed by atoms with E-state index in [-0.39, 0.29) is 17.3 Å². The Balaban J connectivity index is 2.36. The largest absolute Gasteiger partial charge is 0.387 e. The van der Waals surface area contributed by atoms with E-state index in [1.165, 1.54) is 11.3 Å². The SMILES string of the molecule is CC(Br)C(=O)NCC(O)c1ccsc1. The summed E-state index contributed by atoms with van der Waals surface area (Å²) in [7, 11) is 0. The molecule has 2 unspecified atom stereocenters. The number of aliphatic hydroxyl groups excluding tert-OH is 1. The summed E-state index contributed by atoms with van der Waals surface area (Å²) in [5.41, 5.74) is 0.845. The maximum Gasteiger partial charge on any atom is 0.233 e. The number of amides is 1. The van der Waals surface area contributed by atoms with Crippen LogP contribution in [0.2, 0.25) is 0 Å². The number of hydrogen-bond donors (Lipinski definition) is 2. The molecule has 0 aliphatic heterocycles. The fourth-order valence-corrected chi connectivity index (χ4v) is 1.79. The zero-order valence-corrected chi connectivity index (χ0v) is 10.1. The third-order valence-corrected chi connectivity index (χ3v) is 2.88. The van der Waals surface area contributed by atoms with Gasteiger partial charge in [0.05, 0.1) is 10.9 Å². The van der Waals surface area contributed by atoms with Crippen molar-refractivity contribution in [1.29, 1.82) is 0 Å². The van der Waals surface area contributed by atoms with E-state index in [0.29, 0.717) is 0 Å². The molecule has 0 aliphatic carbocycles. The van der Waals surface area contributed by atoms with Crippen LogP contribution in [0.25, 0.3) is 0 Å². The van der Waals surface area contributed by atoms with Gasteiger partial charge < -0.3 is 10.4 Å². The van der Waals surface area contributed by atoms with Gasteiger partial charge in [-0.05, 0) is 29.3 Å². The van der Waals surface area contributed by atoms with Crippen molar-refractivity contribution in [3.63, 3.8) is 0 Å². The normalized spacial score (nSPS) is 14.8. The number of thiophene rings is 1. The lowest BCUT2D eigenvalue weighted by atomic mass is 10.2. The molecule has 78 valence electrons. The molecule has 1 aromatic heterocycles. The first-order valence-electron chi connectivity index (χ1n) is 4.23. The van der Waals surface area contributed by atoms with Crippen LogP contribution >= 0.6 is 27.3 Å². The molecule has 3 nitrogen and oxygen atoms in total. The first kappa shape index (κ1) is 11.7. The first-order valence-corrected chi connectivity index (χ1v) is 6.09. The van der Waals surface area contributed by atoms with Crippen LogP contribution in [0.1, 0.15) is 18.6 Å². The van der Waals surface area contributed by atoms with Crippen molar-refractivity contribution in [3.05, 3.63) is 22.4 Å². The van der Waals surface area contributed by atoms with E-state index in [4.69, 9.17) is 0 Å². The summed E-state index contributed by atoms with van der Waals surface area (Å²) >= 11 is 4.67. The van der Waals surface area contributed by atoms with Crippen LogP contribution in [0.3, 0.4) is 0 Å². The summed E-state index contributed by atoms with van der Waals surface area (Å²) in [5.74, 6) is -0.112. The molecule has 1 amide bonds. The summed E-state index contributed by atoms with van der Waals surface area (Å²) in [6.07, 6.45) is -0.614. The average molecular weight is 278 g/mol. The molecule has 0 aromatic carbocycles. The average Bonchev–Trinajstić information content (AvgIpc) is 2.66. The van der Waals surface area contributed by atoms with Crippen LogP contribution in [-0.4, -0.2) is 22.4 Å². The van der Waals surface area contributed by atoms with Crippen molar-refractivity contribution in [3.8, 4) is 0 Å². The van der Waals surface area contributed by atoms with Gasteiger partial charge in [-0.25, -0.2) is 0 Å². The number of aliphatic hydroxyl groups is 1. The third kappa shape index (κ3) is 3.40. The Hall–Kier alpha value is -0.390. The molecule has 0 fully saturated rings. The number of halogens is 1. The monoisotopic (exact) mass is 277 g/mol. The Morgan fingerprint density at radius 3 is 3.00 bits per heavy atom. The number of carbonyl (C=O) groups is 1. The second kappa shape index (κ2) is 5.48. The van der Waals surface area contributed by atoms with Gasteiger partial charge in [0.1, 0.15) is 0 Å². The minimum Gasteiger partial charge on any atom is -0.387 e. The van der Waals surface area contributed by atoms with E-state index in [2.05, 4.69) is 21.2 Å². The maximum absolute atomic E-state index is 11.2. The highest BCUT2D eigenvalue weighted by atomic mass is 79.9. The van der Waals surface area contributed by atoms with Crippen LogP contribution < -0.4 is 5.32 Å². The quantitative estimate of drug-likeness (QED) is 0.823. The van der Waals surface area contributed by atoms with Crippen LogP contribution in [0.4, 0.5) is 0 Å². The van der Waals surface area contributed by atoms with Gasteiger partial charge in [0.15, 0.2) is 0 Å². The molecule has 0 aliphatic rings. The Kier molecular flexibility index (Phi) is 4.57. The maximum atomic E-state index is 11.2. The summed E-state index contributed by atoms with van der Waals surface area (Å²) in [6.45, 7) is 2.00. The molecule has 0 spiro atoms. The minimum absolute atomic E-state index is 0.112. The lowest BCUT2D eigenvalue weighted by Crippen LogP contribution is -2.32. The highest BCUT2D eigenvalue weighted by molar-refractivity contribution is 9.10. The van der Waals surface area contributed by atoms with Gasteiger partial charge in [0.2, 0.25) is 5.91 Å². The fourth-order valence-electron chi connectivity index (χ4n) is 0.920. The van der Waals surface area contributed by atoms with E-state index in [9.17, 15) is 9.90 Å². The number of rotatable bonds is 4. The molecule has 0 saturated carbocycles. The van der Waals surface area contributed by atoms with Gasteiger partial charge >= 0.3 is 0 Å². The molecule has 0 radical (unpaired) electrons. The van der Waals surface area contributed by atoms with Gasteiger partial charge in [-0.2, -0.15) is 11.3 Å². The van der Waals surface area contributed by atoms with Crippen molar-refractivity contribution < 1.29 is 9.90 Å². The van der Waals surface area contributed by atoms with Crippen LogP contribution in [0.5, 0.6) is 0 Å². The summed E-state index contributed by atoms with van der Waals surface area (Å²) < 4.78 is 0. The smallest absolute Gasteiger partial charge is 0.233 e. The number of alkyl halides is 1. The summed E-state index contributed by atoms with van der Waals surface area (Å²) in [4.78, 5) is 10.9. The molecule has 5 heteroatoms. The van der Waals surface area contributed by atoms with Crippen molar-refractivity contribution in [2.75, 3.05) is 6.54 Å². The number of carbonyl (C=O) groups excluding carboxylic acids is 1. The molecule has 0 saturated heterocycles. The fraction of sp³-hybridized carbons (Fsp3) is 0.444. The van der Waals surface area contributed by atoms with Gasteiger partial charge in [0, 0.05) is 6.54 Å². The van der Waals surface area contributed by atoms with Gasteiger partial charge in [-0.3, -0.25) is 4.79 Å². The molecule has 1 heterocycles. The zero-order valence-electron chi connectivity index (χ0n) is 7.74. The Morgan fingerprint density at radius 2 is 2.50 bits per heavy atom. The highest BCUT2D eigenvalue weighted by Gasteiger charge is 2.12. The Bertz CT molecular complexity index is 287. The van der Waals surface area contributed by atoms with Crippen molar-refractivity contribution in [2.24, 2.45) is 0 Å². The van der Waals surface area contributed by atoms with E-state index < -0.39 is 6.10 Å². The minimum atomic E-state index is -0.614. The van der Waals surface area contributed by atoms with Gasteiger partial charge in [-0.15, -0.1) is 0 Å². The second-order valence-corrected chi connectivity index (χ2v) is 5.09.